The number of fused-ring (bicyclic) bond motifs is 2. The standard InChI is InChI=1S/C30H35N5O4S/c1-30(2,3)21-7-8-23-19(14-21)13-20-16-25(40-29(20)35-23)26(37)34-24(17-31-9-11-36)18-5-4-6-22(15-18)33-27(38)28-32-10-12-39-28/h4-6,10,12-13,15-16,21,24,31,36H,7-9,11,14,17H2,1-3H3,(H,33,38)(H,34,37)/t21-,24-/m1/s1. The molecule has 0 saturated heterocycles. The van der Waals surface area contributed by atoms with E-state index < -0.39 is 11.9 Å². The number of anilines is 1. The van der Waals surface area contributed by atoms with Gasteiger partial charge in [0.05, 0.1) is 23.7 Å². The molecule has 0 fully saturated rings. The van der Waals surface area contributed by atoms with Crippen molar-refractivity contribution in [2.45, 2.75) is 46.1 Å². The molecule has 0 saturated carbocycles. The van der Waals surface area contributed by atoms with E-state index in [1.165, 1.54) is 29.4 Å². The fourth-order valence-electron chi connectivity index (χ4n) is 5.13. The van der Waals surface area contributed by atoms with Gasteiger partial charge in [-0.05, 0) is 66.0 Å². The maximum absolute atomic E-state index is 13.5. The number of hydrogen-bond acceptors (Lipinski definition) is 8. The van der Waals surface area contributed by atoms with Gasteiger partial charge in [0, 0.05) is 29.9 Å². The Morgan fingerprint density at radius 2 is 2.05 bits per heavy atom. The molecule has 1 aliphatic rings. The maximum Gasteiger partial charge on any atom is 0.311 e. The molecular formula is C30H35N5O4S. The molecular weight excluding hydrogens is 526 g/mol. The zero-order chi connectivity index (χ0) is 28.3. The summed E-state index contributed by atoms with van der Waals surface area (Å²) >= 11 is 1.40. The number of nitrogens with zero attached hydrogens (tertiary/aromatic N) is 2. The van der Waals surface area contributed by atoms with Gasteiger partial charge in [0.15, 0.2) is 0 Å². The summed E-state index contributed by atoms with van der Waals surface area (Å²) in [6, 6.07) is 11.0. The van der Waals surface area contributed by atoms with E-state index in [0.29, 0.717) is 29.6 Å². The number of rotatable bonds is 9. The number of benzene rings is 1. The van der Waals surface area contributed by atoms with Gasteiger partial charge in [0.2, 0.25) is 0 Å². The number of aliphatic hydroxyl groups excluding tert-OH is 1. The Morgan fingerprint density at radius 1 is 1.20 bits per heavy atom. The minimum Gasteiger partial charge on any atom is -0.441 e. The van der Waals surface area contributed by atoms with Gasteiger partial charge in [-0.2, -0.15) is 0 Å². The highest BCUT2D eigenvalue weighted by Crippen LogP contribution is 2.38. The molecule has 2 amide bonds. The van der Waals surface area contributed by atoms with Crippen LogP contribution in [0.4, 0.5) is 5.69 Å². The number of oxazole rings is 1. The molecule has 0 bridgehead atoms. The number of aryl methyl sites for hydroxylation is 1. The second-order valence-electron chi connectivity index (χ2n) is 11.3. The van der Waals surface area contributed by atoms with Crippen LogP contribution in [-0.4, -0.2) is 46.6 Å². The molecule has 3 heterocycles. The third kappa shape index (κ3) is 6.41. The Hall–Kier alpha value is -3.60. The van der Waals surface area contributed by atoms with Gasteiger partial charge in [0.1, 0.15) is 11.1 Å². The third-order valence-corrected chi connectivity index (χ3v) is 8.48. The Balaban J connectivity index is 1.34. The largest absolute Gasteiger partial charge is 0.441 e. The molecule has 5 rings (SSSR count). The van der Waals surface area contributed by atoms with E-state index in [0.717, 1.165) is 40.7 Å². The summed E-state index contributed by atoms with van der Waals surface area (Å²) in [5, 5.41) is 19.3. The van der Waals surface area contributed by atoms with Crippen molar-refractivity contribution in [1.29, 1.82) is 0 Å². The average Bonchev–Trinajstić information content (AvgIpc) is 3.61. The summed E-state index contributed by atoms with van der Waals surface area (Å²) in [4.78, 5) is 36.1. The second kappa shape index (κ2) is 11.9. The molecule has 4 N–H and O–H groups in total. The molecule has 3 aromatic heterocycles. The van der Waals surface area contributed by atoms with E-state index in [2.05, 4.69) is 47.8 Å². The van der Waals surface area contributed by atoms with Crippen LogP contribution < -0.4 is 16.0 Å². The Labute approximate surface area is 237 Å². The molecule has 1 aromatic carbocycles. The highest BCUT2D eigenvalue weighted by Gasteiger charge is 2.30. The fraction of sp³-hybridized carbons (Fsp3) is 0.400. The van der Waals surface area contributed by atoms with Crippen molar-refractivity contribution in [1.82, 2.24) is 20.6 Å². The predicted octanol–water partition coefficient (Wildman–Crippen LogP) is 4.74. The van der Waals surface area contributed by atoms with Gasteiger partial charge < -0.3 is 25.5 Å². The zero-order valence-corrected chi connectivity index (χ0v) is 23.8. The number of thiophene rings is 1. The van der Waals surface area contributed by atoms with E-state index in [4.69, 9.17) is 9.40 Å². The minimum absolute atomic E-state index is 0.0182. The van der Waals surface area contributed by atoms with Crippen LogP contribution in [0.15, 0.2) is 53.3 Å². The average molecular weight is 562 g/mol. The number of amides is 2. The molecule has 0 radical (unpaired) electrons. The lowest BCUT2D eigenvalue weighted by Crippen LogP contribution is -2.36. The maximum atomic E-state index is 13.5. The lowest BCUT2D eigenvalue weighted by atomic mass is 9.71. The summed E-state index contributed by atoms with van der Waals surface area (Å²) in [6.45, 7) is 7.67. The van der Waals surface area contributed by atoms with Gasteiger partial charge >= 0.3 is 5.91 Å². The third-order valence-electron chi connectivity index (χ3n) is 7.44. The first kappa shape index (κ1) is 27.9. The first-order valence-corrected chi connectivity index (χ1v) is 14.4. The molecule has 0 aliphatic heterocycles. The summed E-state index contributed by atoms with van der Waals surface area (Å²) in [6.07, 6.45) is 5.86. The fourth-order valence-corrected chi connectivity index (χ4v) is 6.07. The van der Waals surface area contributed by atoms with Gasteiger partial charge in [-0.25, -0.2) is 9.97 Å². The molecule has 40 heavy (non-hydrogen) atoms. The van der Waals surface area contributed by atoms with Gasteiger partial charge in [0.25, 0.3) is 11.8 Å². The molecule has 4 aromatic rings. The van der Waals surface area contributed by atoms with E-state index in [-0.39, 0.29) is 23.8 Å². The van der Waals surface area contributed by atoms with Gasteiger partial charge in [-0.3, -0.25) is 9.59 Å². The first-order chi connectivity index (χ1) is 19.2. The van der Waals surface area contributed by atoms with Crippen molar-refractivity contribution < 1.29 is 19.1 Å². The first-order valence-electron chi connectivity index (χ1n) is 13.6. The van der Waals surface area contributed by atoms with Crippen LogP contribution >= 0.6 is 11.3 Å². The number of pyridine rings is 1. The van der Waals surface area contributed by atoms with E-state index in [1.54, 1.807) is 12.1 Å². The summed E-state index contributed by atoms with van der Waals surface area (Å²) < 4.78 is 5.07. The second-order valence-corrected chi connectivity index (χ2v) is 12.3. The van der Waals surface area contributed by atoms with Crippen LogP contribution in [0, 0.1) is 11.3 Å². The molecule has 210 valence electrons. The highest BCUT2D eigenvalue weighted by atomic mass is 32.1. The van der Waals surface area contributed by atoms with Gasteiger partial charge in [-0.15, -0.1) is 11.3 Å². The Morgan fingerprint density at radius 3 is 2.80 bits per heavy atom. The predicted molar refractivity (Wildman–Crippen MR) is 156 cm³/mol. The number of carbonyl (C=O) groups is 2. The normalized spacial score (nSPS) is 15.9. The van der Waals surface area contributed by atoms with Crippen molar-refractivity contribution >= 4 is 39.1 Å². The summed E-state index contributed by atoms with van der Waals surface area (Å²) in [5.41, 5.74) is 4.04. The number of carbonyl (C=O) groups excluding carboxylic acids is 2. The Bertz CT molecular complexity index is 1490. The smallest absolute Gasteiger partial charge is 0.311 e. The van der Waals surface area contributed by atoms with Crippen LogP contribution in [0.3, 0.4) is 0 Å². The summed E-state index contributed by atoms with van der Waals surface area (Å²) in [5.74, 6) is -0.0773. The molecule has 9 nitrogen and oxygen atoms in total. The monoisotopic (exact) mass is 561 g/mol. The molecule has 0 spiro atoms. The molecule has 2 atom stereocenters. The van der Waals surface area contributed by atoms with E-state index in [1.807, 2.05) is 18.2 Å². The molecule has 0 unspecified atom stereocenters. The topological polar surface area (TPSA) is 129 Å². The number of aliphatic hydroxyl groups is 1. The van der Waals surface area contributed by atoms with E-state index >= 15 is 0 Å². The number of nitrogens with one attached hydrogen (secondary N) is 3. The lowest BCUT2D eigenvalue weighted by Gasteiger charge is -2.34. The van der Waals surface area contributed by atoms with Crippen molar-refractivity contribution in [2.24, 2.45) is 11.3 Å². The van der Waals surface area contributed by atoms with Crippen LogP contribution in [0.25, 0.3) is 10.2 Å². The van der Waals surface area contributed by atoms with Crippen LogP contribution in [0.5, 0.6) is 0 Å². The van der Waals surface area contributed by atoms with Crippen molar-refractivity contribution in [3.8, 4) is 0 Å². The van der Waals surface area contributed by atoms with Crippen molar-refractivity contribution in [3.05, 3.63) is 76.4 Å². The van der Waals surface area contributed by atoms with E-state index in [9.17, 15) is 14.7 Å². The number of aromatic nitrogens is 2. The van der Waals surface area contributed by atoms with Crippen LogP contribution in [-0.2, 0) is 12.8 Å². The highest BCUT2D eigenvalue weighted by molar-refractivity contribution is 7.20. The zero-order valence-electron chi connectivity index (χ0n) is 23.0. The van der Waals surface area contributed by atoms with Crippen LogP contribution in [0.2, 0.25) is 0 Å². The van der Waals surface area contributed by atoms with Crippen molar-refractivity contribution in [2.75, 3.05) is 25.0 Å². The van der Waals surface area contributed by atoms with Crippen LogP contribution in [0.1, 0.15) is 70.4 Å². The molecule has 1 aliphatic carbocycles. The molecule has 10 heteroatoms. The van der Waals surface area contributed by atoms with Crippen molar-refractivity contribution in [3.63, 3.8) is 0 Å². The number of hydrogen-bond donors (Lipinski definition) is 4. The Kier molecular flexibility index (Phi) is 8.30. The SMILES string of the molecule is CC(C)(C)[C@@H]1CCc2nc3sc(C(=O)N[C@H](CNCCO)c4cccc(NC(=O)c5ncco5)c4)cc3cc2C1. The van der Waals surface area contributed by atoms with Gasteiger partial charge in [-0.1, -0.05) is 32.9 Å². The summed E-state index contributed by atoms with van der Waals surface area (Å²) in [7, 11) is 0. The quantitative estimate of drug-likeness (QED) is 0.217. The minimum atomic E-state index is -0.463. The lowest BCUT2D eigenvalue weighted by molar-refractivity contribution is 0.0938.